The maximum atomic E-state index is 12.0. The van der Waals surface area contributed by atoms with Crippen LogP contribution in [0.1, 0.15) is 31.4 Å². The van der Waals surface area contributed by atoms with Crippen molar-refractivity contribution in [3.63, 3.8) is 0 Å². The van der Waals surface area contributed by atoms with Gasteiger partial charge in [-0.05, 0) is 31.0 Å². The van der Waals surface area contributed by atoms with Crippen molar-refractivity contribution >= 4 is 23.5 Å². The molecule has 7 heteroatoms. The second-order valence-electron chi connectivity index (χ2n) is 5.85. The minimum atomic E-state index is -0.462. The summed E-state index contributed by atoms with van der Waals surface area (Å²) >= 11 is 5.91. The number of rotatable bonds is 5. The molecule has 23 heavy (non-hydrogen) atoms. The van der Waals surface area contributed by atoms with E-state index in [0.717, 1.165) is 5.56 Å². The number of nitrogens with one attached hydrogen (secondary N) is 2. The van der Waals surface area contributed by atoms with Crippen LogP contribution in [0.25, 0.3) is 0 Å². The van der Waals surface area contributed by atoms with Gasteiger partial charge in [0.2, 0.25) is 5.91 Å². The topological polar surface area (TPSA) is 81.7 Å². The Morgan fingerprint density at radius 3 is 2.70 bits per heavy atom. The highest BCUT2D eigenvalue weighted by Crippen LogP contribution is 2.32. The summed E-state index contributed by atoms with van der Waals surface area (Å²) in [4.78, 5) is 25.6. The van der Waals surface area contributed by atoms with Crippen LogP contribution < -0.4 is 10.6 Å². The average molecular weight is 340 g/mol. The first kappa shape index (κ1) is 17.6. The van der Waals surface area contributed by atoms with Crippen molar-refractivity contribution in [3.05, 3.63) is 34.9 Å². The molecular formula is C16H22ClN3O3. The van der Waals surface area contributed by atoms with Gasteiger partial charge in [-0.1, -0.05) is 23.7 Å². The molecule has 1 fully saturated rings. The Labute approximate surface area is 140 Å². The summed E-state index contributed by atoms with van der Waals surface area (Å²) in [5.41, 5.74) is 0.928. The van der Waals surface area contributed by atoms with Crippen molar-refractivity contribution in [2.24, 2.45) is 0 Å². The molecule has 1 heterocycles. The van der Waals surface area contributed by atoms with E-state index in [1.54, 1.807) is 31.0 Å². The third kappa shape index (κ3) is 4.59. The average Bonchev–Trinajstić information content (AvgIpc) is 2.74. The number of benzene rings is 1. The lowest BCUT2D eigenvalue weighted by Crippen LogP contribution is -2.45. The Kier molecular flexibility index (Phi) is 5.85. The number of hydrogen-bond donors (Lipinski definition) is 3. The van der Waals surface area contributed by atoms with Gasteiger partial charge in [0.15, 0.2) is 0 Å². The molecule has 126 valence electrons. The molecule has 3 amide bonds. The fraction of sp³-hybridized carbons (Fsp3) is 0.500. The van der Waals surface area contributed by atoms with Crippen LogP contribution in [0.5, 0.6) is 0 Å². The second-order valence-corrected chi connectivity index (χ2v) is 6.29. The minimum absolute atomic E-state index is 0.0146. The second kappa shape index (κ2) is 7.66. The smallest absolute Gasteiger partial charge is 0.315 e. The van der Waals surface area contributed by atoms with Gasteiger partial charge in [0, 0.05) is 25.0 Å². The third-order valence-electron chi connectivity index (χ3n) is 3.96. The molecule has 1 aliphatic rings. The zero-order valence-electron chi connectivity index (χ0n) is 13.3. The predicted molar refractivity (Wildman–Crippen MR) is 88.2 cm³/mol. The van der Waals surface area contributed by atoms with Gasteiger partial charge in [0.25, 0.3) is 0 Å². The van der Waals surface area contributed by atoms with Crippen LogP contribution in [0.3, 0.4) is 0 Å². The zero-order chi connectivity index (χ0) is 17.0. The molecule has 0 radical (unpaired) electrons. The summed E-state index contributed by atoms with van der Waals surface area (Å²) in [7, 11) is 1.73. The van der Waals surface area contributed by atoms with Crippen LogP contribution in [0.4, 0.5) is 4.79 Å². The molecule has 1 aromatic rings. The van der Waals surface area contributed by atoms with E-state index in [0.29, 0.717) is 18.0 Å². The lowest BCUT2D eigenvalue weighted by Gasteiger charge is -2.26. The van der Waals surface area contributed by atoms with Crippen LogP contribution in [-0.2, 0) is 4.79 Å². The van der Waals surface area contributed by atoms with Crippen LogP contribution in [0.2, 0.25) is 5.02 Å². The van der Waals surface area contributed by atoms with Gasteiger partial charge in [-0.3, -0.25) is 4.79 Å². The monoisotopic (exact) mass is 339 g/mol. The quantitative estimate of drug-likeness (QED) is 0.763. The van der Waals surface area contributed by atoms with E-state index in [-0.39, 0.29) is 30.4 Å². The predicted octanol–water partition coefficient (Wildman–Crippen LogP) is 1.68. The molecule has 0 bridgehead atoms. The molecule has 3 N–H and O–H groups in total. The fourth-order valence-corrected chi connectivity index (χ4v) is 2.85. The molecule has 0 spiro atoms. The molecule has 1 aliphatic heterocycles. The zero-order valence-corrected chi connectivity index (χ0v) is 14.0. The number of aliphatic hydroxyl groups is 1. The van der Waals surface area contributed by atoms with E-state index >= 15 is 0 Å². The minimum Gasteiger partial charge on any atom is -0.393 e. The number of urea groups is 1. The largest absolute Gasteiger partial charge is 0.393 e. The van der Waals surface area contributed by atoms with Crippen molar-refractivity contribution < 1.29 is 14.7 Å². The first-order valence-electron chi connectivity index (χ1n) is 7.62. The van der Waals surface area contributed by atoms with E-state index in [1.165, 1.54) is 0 Å². The summed E-state index contributed by atoms with van der Waals surface area (Å²) in [5, 5.41) is 15.4. The molecule has 0 aromatic heterocycles. The van der Waals surface area contributed by atoms with Gasteiger partial charge >= 0.3 is 6.03 Å². The van der Waals surface area contributed by atoms with Gasteiger partial charge in [-0.2, -0.15) is 0 Å². The van der Waals surface area contributed by atoms with Gasteiger partial charge < -0.3 is 20.6 Å². The summed E-state index contributed by atoms with van der Waals surface area (Å²) in [5.74, 6) is -0.0146. The lowest BCUT2D eigenvalue weighted by atomic mass is 10.0. The van der Waals surface area contributed by atoms with E-state index < -0.39 is 6.10 Å². The maximum Gasteiger partial charge on any atom is 0.315 e. The molecule has 6 nitrogen and oxygen atoms in total. The number of carbonyl (C=O) groups excluding carboxylic acids is 2. The normalized spacial score (nSPS) is 22.1. The van der Waals surface area contributed by atoms with Crippen LogP contribution >= 0.6 is 11.6 Å². The summed E-state index contributed by atoms with van der Waals surface area (Å²) < 4.78 is 0. The standard InChI is InChI=1S/C16H22ClN3O3/c1-10(21)7-8-18-16(23)19-13-9-14(22)20(2)15(13)11-3-5-12(17)6-4-11/h3-6,10,13,15,21H,7-9H2,1-2H3,(H2,18,19,23)/t10-,13+,15+/m0/s1. The highest BCUT2D eigenvalue weighted by molar-refractivity contribution is 6.30. The molecule has 1 saturated heterocycles. The number of likely N-dealkylation sites (tertiary alicyclic amines) is 1. The van der Waals surface area contributed by atoms with Crippen LogP contribution in [-0.4, -0.2) is 47.7 Å². The first-order valence-corrected chi connectivity index (χ1v) is 8.00. The first-order chi connectivity index (χ1) is 10.9. The number of carbonyl (C=O) groups is 2. The lowest BCUT2D eigenvalue weighted by molar-refractivity contribution is -0.127. The van der Waals surface area contributed by atoms with Crippen molar-refractivity contribution in [2.75, 3.05) is 13.6 Å². The molecule has 1 aromatic carbocycles. The van der Waals surface area contributed by atoms with Gasteiger partial charge in [0.05, 0.1) is 18.2 Å². The van der Waals surface area contributed by atoms with Gasteiger partial charge in [0.1, 0.15) is 0 Å². The Morgan fingerprint density at radius 1 is 1.43 bits per heavy atom. The summed E-state index contributed by atoms with van der Waals surface area (Å²) in [6, 6.07) is 6.41. The molecule has 3 atom stereocenters. The van der Waals surface area contributed by atoms with Gasteiger partial charge in [-0.15, -0.1) is 0 Å². The van der Waals surface area contributed by atoms with E-state index in [1.807, 2.05) is 12.1 Å². The number of halogens is 1. The number of hydrogen-bond acceptors (Lipinski definition) is 3. The Bertz CT molecular complexity index is 562. The molecular weight excluding hydrogens is 318 g/mol. The van der Waals surface area contributed by atoms with Crippen molar-refractivity contribution in [2.45, 2.75) is 38.0 Å². The fourth-order valence-electron chi connectivity index (χ4n) is 2.73. The maximum absolute atomic E-state index is 12.0. The number of amides is 3. The van der Waals surface area contributed by atoms with E-state index in [4.69, 9.17) is 11.6 Å². The SMILES string of the molecule is C[C@H](O)CCNC(=O)N[C@@H]1CC(=O)N(C)[C@@H]1c1ccc(Cl)cc1. The van der Waals surface area contributed by atoms with E-state index in [9.17, 15) is 14.7 Å². The number of nitrogens with zero attached hydrogens (tertiary/aromatic N) is 1. The molecule has 0 unspecified atom stereocenters. The van der Waals surface area contributed by atoms with E-state index in [2.05, 4.69) is 10.6 Å². The van der Waals surface area contributed by atoms with Crippen molar-refractivity contribution in [3.8, 4) is 0 Å². The third-order valence-corrected chi connectivity index (χ3v) is 4.21. The number of aliphatic hydroxyl groups excluding tert-OH is 1. The summed E-state index contributed by atoms with van der Waals surface area (Å²) in [6.45, 7) is 2.05. The number of likely N-dealkylation sites (N-methyl/N-ethyl adjacent to an activating group) is 1. The molecule has 2 rings (SSSR count). The molecule has 0 saturated carbocycles. The van der Waals surface area contributed by atoms with Gasteiger partial charge in [-0.25, -0.2) is 4.79 Å². The Morgan fingerprint density at radius 2 is 2.09 bits per heavy atom. The van der Waals surface area contributed by atoms with Crippen LogP contribution in [0.15, 0.2) is 24.3 Å². The highest BCUT2D eigenvalue weighted by atomic mass is 35.5. The molecule has 0 aliphatic carbocycles. The Hall–Kier alpha value is -1.79. The van der Waals surface area contributed by atoms with Crippen molar-refractivity contribution in [1.82, 2.24) is 15.5 Å². The summed E-state index contributed by atoms with van der Waals surface area (Å²) in [6.07, 6.45) is 0.279. The van der Waals surface area contributed by atoms with Crippen LogP contribution in [0, 0.1) is 0 Å². The van der Waals surface area contributed by atoms with Crippen molar-refractivity contribution in [1.29, 1.82) is 0 Å². The highest BCUT2D eigenvalue weighted by Gasteiger charge is 2.39. The Balaban J connectivity index is 2.02.